The van der Waals surface area contributed by atoms with E-state index in [2.05, 4.69) is 25.3 Å². The highest BCUT2D eigenvalue weighted by molar-refractivity contribution is 7.92. The minimum absolute atomic E-state index is 0.0482. The van der Waals surface area contributed by atoms with Gasteiger partial charge in [-0.1, -0.05) is 25.8 Å². The van der Waals surface area contributed by atoms with Crippen LogP contribution < -0.4 is 20.3 Å². The number of amides is 5. The van der Waals surface area contributed by atoms with Gasteiger partial charge in [0.05, 0.1) is 33.6 Å². The molecule has 3 aliphatic rings. The van der Waals surface area contributed by atoms with Crippen molar-refractivity contribution in [3.63, 3.8) is 0 Å². The Bertz CT molecular complexity index is 2820. The van der Waals surface area contributed by atoms with Gasteiger partial charge < -0.3 is 19.7 Å². The van der Waals surface area contributed by atoms with Gasteiger partial charge in [-0.3, -0.25) is 38.9 Å². The first-order valence-corrected chi connectivity index (χ1v) is 23.8. The van der Waals surface area contributed by atoms with Crippen molar-refractivity contribution in [2.75, 3.05) is 47.4 Å². The lowest BCUT2D eigenvalue weighted by Crippen LogP contribution is -2.54. The molecule has 1 atom stereocenters. The third-order valence-corrected chi connectivity index (χ3v) is 13.9. The second-order valence-electron chi connectivity index (χ2n) is 16.7. The molecule has 2 fully saturated rings. The molecule has 0 saturated carbocycles. The Morgan fingerprint density at radius 3 is 2.41 bits per heavy atom. The van der Waals surface area contributed by atoms with Crippen molar-refractivity contribution in [1.29, 1.82) is 0 Å². The molecule has 66 heavy (non-hydrogen) atoms. The van der Waals surface area contributed by atoms with Crippen LogP contribution in [0, 0.1) is 11.6 Å². The average Bonchev–Trinajstić information content (AvgIpc) is 3.80. The molecule has 0 bridgehead atoms. The summed E-state index contributed by atoms with van der Waals surface area (Å²) in [5, 5.41) is 5.48. The van der Waals surface area contributed by atoms with E-state index in [9.17, 15) is 32.4 Å². The van der Waals surface area contributed by atoms with Gasteiger partial charge in [-0.05, 0) is 74.9 Å². The van der Waals surface area contributed by atoms with Crippen molar-refractivity contribution >= 4 is 67.8 Å². The molecular weight excluding hydrogens is 875 g/mol. The Balaban J connectivity index is 0.842. The van der Waals surface area contributed by atoms with Crippen LogP contribution in [0.15, 0.2) is 67.4 Å². The summed E-state index contributed by atoms with van der Waals surface area (Å²) >= 11 is 0. The maximum atomic E-state index is 16.1. The standard InChI is InChI=1S/C46H50F2N10O7S/c1-3-23-66(64,65)54-34-13-12-32(47)43(41(34)48)57-26-31(28-24-49-27-50-25-28)42-35(57)14-16-37(52-42)55(2)29-18-21-56(22-19-29)39(60)11-6-4-5-7-20-51-33-10-8-9-30-40(33)46(63)58(45(30)62)36-15-17-38(59)53-44(36)61/h8-10,12-14,16,24-27,29,36,51,54H,3-7,11,15,17-23H2,1-2H3,(H,53,59,61). The largest absolute Gasteiger partial charge is 0.384 e. The Morgan fingerprint density at radius 1 is 0.909 bits per heavy atom. The number of likely N-dealkylation sites (tertiary alicyclic amines) is 1. The van der Waals surface area contributed by atoms with Gasteiger partial charge in [0, 0.05) is 81.0 Å². The van der Waals surface area contributed by atoms with Crippen LogP contribution in [0.4, 0.5) is 26.0 Å². The zero-order valence-electron chi connectivity index (χ0n) is 36.6. The fourth-order valence-electron chi connectivity index (χ4n) is 8.94. The number of fused-ring (bicyclic) bond motifs is 2. The summed E-state index contributed by atoms with van der Waals surface area (Å²) in [6, 6.07) is 9.56. The summed E-state index contributed by atoms with van der Waals surface area (Å²) in [5.74, 6) is -3.69. The molecule has 8 rings (SSSR count). The maximum Gasteiger partial charge on any atom is 0.264 e. The van der Waals surface area contributed by atoms with Crippen LogP contribution in [0.3, 0.4) is 0 Å². The van der Waals surface area contributed by atoms with E-state index in [-0.39, 0.29) is 47.4 Å². The number of nitrogens with one attached hydrogen (secondary N) is 3. The summed E-state index contributed by atoms with van der Waals surface area (Å²) in [6.45, 7) is 3.37. The minimum atomic E-state index is -3.87. The number of carbonyl (C=O) groups excluding carboxylic acids is 5. The highest BCUT2D eigenvalue weighted by Gasteiger charge is 2.45. The lowest BCUT2D eigenvalue weighted by Gasteiger charge is -2.37. The van der Waals surface area contributed by atoms with Gasteiger partial charge in [-0.25, -0.2) is 32.2 Å². The lowest BCUT2D eigenvalue weighted by atomic mass is 10.0. The molecule has 3 N–H and O–H groups in total. The Labute approximate surface area is 380 Å². The number of hydrogen-bond acceptors (Lipinski definition) is 12. The molecule has 3 aliphatic heterocycles. The molecule has 0 spiro atoms. The highest BCUT2D eigenvalue weighted by atomic mass is 32.2. The number of sulfonamides is 1. The number of unbranched alkanes of at least 4 members (excludes halogenated alkanes) is 3. The smallest absolute Gasteiger partial charge is 0.264 e. The Hall–Kier alpha value is -6.83. The fourth-order valence-corrected chi connectivity index (χ4v) is 10.1. The van der Waals surface area contributed by atoms with E-state index in [0.29, 0.717) is 79.0 Å². The third kappa shape index (κ3) is 9.31. The normalized spacial score (nSPS) is 16.8. The van der Waals surface area contributed by atoms with Gasteiger partial charge in [-0.15, -0.1) is 0 Å². The highest BCUT2D eigenvalue weighted by Crippen LogP contribution is 2.37. The molecule has 20 heteroatoms. The predicted molar refractivity (Wildman–Crippen MR) is 242 cm³/mol. The van der Waals surface area contributed by atoms with Crippen LogP contribution in [0.1, 0.15) is 91.8 Å². The molecule has 2 aromatic carbocycles. The van der Waals surface area contributed by atoms with E-state index in [1.165, 1.54) is 17.1 Å². The van der Waals surface area contributed by atoms with E-state index in [4.69, 9.17) is 4.98 Å². The molecule has 5 aromatic rings. The molecule has 0 radical (unpaired) electrons. The monoisotopic (exact) mass is 924 g/mol. The van der Waals surface area contributed by atoms with Crippen LogP contribution >= 0.6 is 0 Å². The van der Waals surface area contributed by atoms with Crippen molar-refractivity contribution in [2.45, 2.75) is 83.2 Å². The van der Waals surface area contributed by atoms with Crippen LogP contribution in [0.25, 0.3) is 27.8 Å². The van der Waals surface area contributed by atoms with Gasteiger partial charge >= 0.3 is 0 Å². The van der Waals surface area contributed by atoms with E-state index >= 15 is 8.78 Å². The first-order chi connectivity index (χ1) is 31.8. The second-order valence-corrected chi connectivity index (χ2v) is 18.6. The van der Waals surface area contributed by atoms with E-state index in [1.54, 1.807) is 49.6 Å². The fraction of sp³-hybridized carbons (Fsp3) is 0.391. The van der Waals surface area contributed by atoms with Crippen LogP contribution in [-0.2, 0) is 24.4 Å². The Morgan fingerprint density at radius 2 is 1.67 bits per heavy atom. The predicted octanol–water partition coefficient (Wildman–Crippen LogP) is 5.80. The summed E-state index contributed by atoms with van der Waals surface area (Å²) < 4.78 is 60.2. The van der Waals surface area contributed by atoms with E-state index < -0.39 is 57.0 Å². The third-order valence-electron chi connectivity index (χ3n) is 12.4. The quantitative estimate of drug-likeness (QED) is 0.0747. The number of piperidine rings is 2. The van der Waals surface area contributed by atoms with Crippen LogP contribution in [-0.4, -0.2) is 112 Å². The van der Waals surface area contributed by atoms with Gasteiger partial charge in [-0.2, -0.15) is 0 Å². The topological polar surface area (TPSA) is 209 Å². The van der Waals surface area contributed by atoms with Gasteiger partial charge in [0.2, 0.25) is 27.7 Å². The average molecular weight is 925 g/mol. The number of rotatable bonds is 17. The molecule has 5 amide bonds. The number of pyridine rings is 1. The summed E-state index contributed by atoms with van der Waals surface area (Å²) in [6.07, 6.45) is 11.5. The molecule has 0 aliphatic carbocycles. The number of nitrogens with zero attached hydrogens (tertiary/aromatic N) is 7. The van der Waals surface area contributed by atoms with Crippen LogP contribution in [0.5, 0.6) is 0 Å². The number of anilines is 3. The molecule has 6 heterocycles. The number of hydrogen-bond donors (Lipinski definition) is 3. The van der Waals surface area contributed by atoms with Crippen molar-refractivity contribution in [3.8, 4) is 16.8 Å². The number of imide groups is 2. The molecule has 17 nitrogen and oxygen atoms in total. The number of benzene rings is 2. The Kier molecular flexibility index (Phi) is 13.4. The molecule has 1 unspecified atom stereocenters. The summed E-state index contributed by atoms with van der Waals surface area (Å²) in [5.41, 5.74) is 2.00. The molecule has 2 saturated heterocycles. The number of aromatic nitrogens is 4. The summed E-state index contributed by atoms with van der Waals surface area (Å²) in [7, 11) is -1.94. The summed E-state index contributed by atoms with van der Waals surface area (Å²) in [4.78, 5) is 82.0. The molecule has 3 aromatic heterocycles. The molecule has 346 valence electrons. The number of halogens is 2. The number of carbonyl (C=O) groups is 5. The first kappa shape index (κ1) is 45.7. The zero-order chi connectivity index (χ0) is 46.7. The zero-order valence-corrected chi connectivity index (χ0v) is 37.4. The van der Waals surface area contributed by atoms with Crippen molar-refractivity contribution < 1.29 is 41.2 Å². The first-order valence-electron chi connectivity index (χ1n) is 22.1. The SMILES string of the molecule is CCCS(=O)(=O)Nc1ccc(F)c(-n2cc(-c3cncnc3)c3nc(N(C)C4CCN(C(=O)CCCCCCNc5cccc6c5C(=O)N(C5CCC(=O)NC5=O)C6=O)CC4)ccc32)c1F. The van der Waals surface area contributed by atoms with E-state index in [0.717, 1.165) is 42.7 Å². The van der Waals surface area contributed by atoms with Gasteiger partial charge in [0.15, 0.2) is 5.82 Å². The van der Waals surface area contributed by atoms with Crippen molar-refractivity contribution in [1.82, 2.24) is 34.6 Å². The van der Waals surface area contributed by atoms with Crippen molar-refractivity contribution in [2.24, 2.45) is 0 Å². The van der Waals surface area contributed by atoms with Crippen LogP contribution in [0.2, 0.25) is 0 Å². The van der Waals surface area contributed by atoms with Crippen molar-refractivity contribution in [3.05, 3.63) is 90.1 Å². The van der Waals surface area contributed by atoms with Gasteiger partial charge in [0.25, 0.3) is 11.8 Å². The molecular formula is C46H50F2N10O7S. The maximum absolute atomic E-state index is 16.1. The van der Waals surface area contributed by atoms with Gasteiger partial charge in [0.1, 0.15) is 29.7 Å². The second kappa shape index (κ2) is 19.3. The van der Waals surface area contributed by atoms with E-state index in [1.807, 2.05) is 16.8 Å². The minimum Gasteiger partial charge on any atom is -0.384 e. The lowest BCUT2D eigenvalue weighted by molar-refractivity contribution is -0.136.